The summed E-state index contributed by atoms with van der Waals surface area (Å²) in [4.78, 5) is 0. The number of hydrogen-bond acceptors (Lipinski definition) is 5. The standard InChI is InChI=1S/C23H30O3S2/c1-23(2,24)21(26-17-19-12-7-4-8-13-19)20(22-27-14-9-15-28-22)25-16-18-10-5-3-6-11-18/h3-8,10-13,20-22,24H,9,14-17H2,1-2H3/t20-,21+/m1/s1. The highest BCUT2D eigenvalue weighted by Crippen LogP contribution is 2.38. The van der Waals surface area contributed by atoms with Gasteiger partial charge in [-0.25, -0.2) is 0 Å². The van der Waals surface area contributed by atoms with Crippen molar-refractivity contribution in [2.45, 2.75) is 55.9 Å². The molecule has 1 N–H and O–H groups in total. The van der Waals surface area contributed by atoms with E-state index in [9.17, 15) is 5.11 Å². The van der Waals surface area contributed by atoms with Crippen molar-refractivity contribution >= 4 is 23.5 Å². The summed E-state index contributed by atoms with van der Waals surface area (Å²) in [6.07, 6.45) is 0.605. The summed E-state index contributed by atoms with van der Waals surface area (Å²) in [5.74, 6) is 2.25. The minimum atomic E-state index is -1.01. The van der Waals surface area contributed by atoms with E-state index >= 15 is 0 Å². The highest BCUT2D eigenvalue weighted by molar-refractivity contribution is 8.17. The number of rotatable bonds is 9. The summed E-state index contributed by atoms with van der Waals surface area (Å²) in [6, 6.07) is 20.3. The summed E-state index contributed by atoms with van der Waals surface area (Å²) >= 11 is 3.84. The van der Waals surface area contributed by atoms with Crippen LogP contribution in [0.15, 0.2) is 60.7 Å². The first-order chi connectivity index (χ1) is 13.5. The van der Waals surface area contributed by atoms with E-state index in [-0.39, 0.29) is 10.7 Å². The van der Waals surface area contributed by atoms with Crippen LogP contribution in [0.25, 0.3) is 0 Å². The monoisotopic (exact) mass is 418 g/mol. The molecular weight excluding hydrogens is 388 g/mol. The third kappa shape index (κ3) is 6.53. The van der Waals surface area contributed by atoms with Gasteiger partial charge in [-0.05, 0) is 42.9 Å². The van der Waals surface area contributed by atoms with Gasteiger partial charge in [-0.1, -0.05) is 60.7 Å². The quantitative estimate of drug-likeness (QED) is 0.612. The van der Waals surface area contributed by atoms with Gasteiger partial charge in [0.25, 0.3) is 0 Å². The lowest BCUT2D eigenvalue weighted by molar-refractivity contribution is -0.159. The molecule has 1 heterocycles. The molecule has 28 heavy (non-hydrogen) atoms. The van der Waals surface area contributed by atoms with Crippen molar-refractivity contribution in [3.8, 4) is 0 Å². The van der Waals surface area contributed by atoms with Crippen molar-refractivity contribution < 1.29 is 14.6 Å². The van der Waals surface area contributed by atoms with Crippen LogP contribution in [0.5, 0.6) is 0 Å². The Labute approximate surface area is 177 Å². The molecule has 0 saturated carbocycles. The van der Waals surface area contributed by atoms with Gasteiger partial charge in [0.05, 0.1) is 23.4 Å². The lowest BCUT2D eigenvalue weighted by atomic mass is 9.97. The first-order valence-corrected chi connectivity index (χ1v) is 11.9. The van der Waals surface area contributed by atoms with Crippen molar-refractivity contribution in [3.63, 3.8) is 0 Å². The van der Waals surface area contributed by atoms with Crippen LogP contribution in [-0.4, -0.2) is 39.0 Å². The first-order valence-electron chi connectivity index (χ1n) is 9.80. The number of benzene rings is 2. The Morgan fingerprint density at radius 2 is 1.39 bits per heavy atom. The molecule has 0 bridgehead atoms. The van der Waals surface area contributed by atoms with Crippen LogP contribution in [0.1, 0.15) is 31.4 Å². The minimum absolute atomic E-state index is 0.195. The molecule has 1 aliphatic heterocycles. The third-order valence-corrected chi connectivity index (χ3v) is 7.73. The van der Waals surface area contributed by atoms with Gasteiger partial charge in [0, 0.05) is 0 Å². The van der Waals surface area contributed by atoms with E-state index in [0.29, 0.717) is 13.2 Å². The molecule has 2 aromatic rings. The highest BCUT2D eigenvalue weighted by atomic mass is 32.2. The Bertz CT molecular complexity index is 682. The molecule has 0 radical (unpaired) electrons. The second-order valence-electron chi connectivity index (χ2n) is 7.60. The van der Waals surface area contributed by atoms with Gasteiger partial charge < -0.3 is 14.6 Å². The fraction of sp³-hybridized carbons (Fsp3) is 0.478. The Hall–Kier alpha value is -0.980. The summed E-state index contributed by atoms with van der Waals surface area (Å²) in [7, 11) is 0. The molecule has 0 spiro atoms. The topological polar surface area (TPSA) is 38.7 Å². The van der Waals surface area contributed by atoms with E-state index in [4.69, 9.17) is 9.47 Å². The molecular formula is C23H30O3S2. The SMILES string of the molecule is CC(C)(O)[C@@H](OCc1ccccc1)[C@@H](OCc1ccccc1)C1SCCCS1. The summed E-state index contributed by atoms with van der Waals surface area (Å²) < 4.78 is 13.0. The van der Waals surface area contributed by atoms with Gasteiger partial charge in [0.2, 0.25) is 0 Å². The predicted molar refractivity (Wildman–Crippen MR) is 120 cm³/mol. The van der Waals surface area contributed by atoms with Crippen LogP contribution >= 0.6 is 23.5 Å². The molecule has 1 aliphatic rings. The van der Waals surface area contributed by atoms with Crippen LogP contribution in [-0.2, 0) is 22.7 Å². The Balaban J connectivity index is 1.76. The maximum absolute atomic E-state index is 10.9. The second-order valence-corrected chi connectivity index (χ2v) is 10.4. The molecule has 2 aromatic carbocycles. The van der Waals surface area contributed by atoms with Crippen molar-refractivity contribution in [3.05, 3.63) is 71.8 Å². The van der Waals surface area contributed by atoms with Crippen LogP contribution in [0, 0.1) is 0 Å². The maximum Gasteiger partial charge on any atom is 0.114 e. The molecule has 152 valence electrons. The zero-order chi connectivity index (χ0) is 19.8. The summed E-state index contributed by atoms with van der Waals surface area (Å²) in [5, 5.41) is 10.9. The molecule has 0 aliphatic carbocycles. The van der Waals surface area contributed by atoms with E-state index in [2.05, 4.69) is 12.1 Å². The number of thioether (sulfide) groups is 2. The van der Waals surface area contributed by atoms with Crippen LogP contribution in [0.4, 0.5) is 0 Å². The third-order valence-electron chi connectivity index (χ3n) is 4.67. The van der Waals surface area contributed by atoms with Gasteiger partial charge in [0.15, 0.2) is 0 Å². The van der Waals surface area contributed by atoms with Gasteiger partial charge in [-0.15, -0.1) is 23.5 Å². The number of hydrogen-bond donors (Lipinski definition) is 1. The van der Waals surface area contributed by atoms with Crippen molar-refractivity contribution in [1.29, 1.82) is 0 Å². The van der Waals surface area contributed by atoms with Crippen molar-refractivity contribution in [2.75, 3.05) is 11.5 Å². The van der Waals surface area contributed by atoms with E-state index in [0.717, 1.165) is 22.6 Å². The van der Waals surface area contributed by atoms with Crippen LogP contribution < -0.4 is 0 Å². The Kier molecular flexibility index (Phi) is 8.30. The summed E-state index contributed by atoms with van der Waals surface area (Å²) in [5.41, 5.74) is 1.23. The lowest BCUT2D eigenvalue weighted by Gasteiger charge is -2.40. The lowest BCUT2D eigenvalue weighted by Crippen LogP contribution is -2.51. The molecule has 5 heteroatoms. The van der Waals surface area contributed by atoms with Gasteiger partial charge in [0.1, 0.15) is 12.2 Å². The van der Waals surface area contributed by atoms with Crippen LogP contribution in [0.2, 0.25) is 0 Å². The normalized spacial score (nSPS) is 18.0. The molecule has 3 nitrogen and oxygen atoms in total. The molecule has 3 rings (SSSR count). The molecule has 0 unspecified atom stereocenters. The fourth-order valence-corrected chi connectivity index (χ4v) is 6.29. The van der Waals surface area contributed by atoms with E-state index in [1.165, 1.54) is 6.42 Å². The second kappa shape index (κ2) is 10.7. The highest BCUT2D eigenvalue weighted by Gasteiger charge is 2.41. The van der Waals surface area contributed by atoms with Crippen LogP contribution in [0.3, 0.4) is 0 Å². The molecule has 0 amide bonds. The predicted octanol–water partition coefficient (Wildman–Crippen LogP) is 5.12. The van der Waals surface area contributed by atoms with Gasteiger partial charge >= 0.3 is 0 Å². The average molecular weight is 419 g/mol. The average Bonchev–Trinajstić information content (AvgIpc) is 2.71. The minimum Gasteiger partial charge on any atom is -0.388 e. The number of ether oxygens (including phenoxy) is 2. The molecule has 1 saturated heterocycles. The maximum atomic E-state index is 10.9. The van der Waals surface area contributed by atoms with Crippen molar-refractivity contribution in [1.82, 2.24) is 0 Å². The zero-order valence-electron chi connectivity index (χ0n) is 16.6. The Morgan fingerprint density at radius 1 is 0.893 bits per heavy atom. The van der Waals surface area contributed by atoms with E-state index in [1.807, 2.05) is 85.9 Å². The fourth-order valence-electron chi connectivity index (χ4n) is 3.23. The van der Waals surface area contributed by atoms with Gasteiger partial charge in [-0.2, -0.15) is 0 Å². The summed E-state index contributed by atoms with van der Waals surface area (Å²) in [6.45, 7) is 4.62. The van der Waals surface area contributed by atoms with E-state index < -0.39 is 11.7 Å². The zero-order valence-corrected chi connectivity index (χ0v) is 18.3. The smallest absolute Gasteiger partial charge is 0.114 e. The largest absolute Gasteiger partial charge is 0.388 e. The van der Waals surface area contributed by atoms with Crippen molar-refractivity contribution in [2.24, 2.45) is 0 Å². The molecule has 1 fully saturated rings. The number of aliphatic hydroxyl groups is 1. The Morgan fingerprint density at radius 3 is 1.89 bits per heavy atom. The first kappa shape index (κ1) is 21.7. The molecule has 2 atom stereocenters. The molecule has 0 aromatic heterocycles. The van der Waals surface area contributed by atoms with E-state index in [1.54, 1.807) is 0 Å². The van der Waals surface area contributed by atoms with Gasteiger partial charge in [-0.3, -0.25) is 0 Å².